The van der Waals surface area contributed by atoms with Gasteiger partial charge in [-0.15, -0.1) is 0 Å². The Morgan fingerprint density at radius 2 is 1.59 bits per heavy atom. The minimum absolute atomic E-state index is 0. The third-order valence-electron chi connectivity index (χ3n) is 4.70. The van der Waals surface area contributed by atoms with E-state index in [1.165, 1.54) is 56.7 Å². The van der Waals surface area contributed by atoms with Crippen LogP contribution in [0.2, 0.25) is 0 Å². The molecule has 0 aromatic heterocycles. The van der Waals surface area contributed by atoms with E-state index < -0.39 is 0 Å². The van der Waals surface area contributed by atoms with Gasteiger partial charge < -0.3 is 10.2 Å². The van der Waals surface area contributed by atoms with Gasteiger partial charge in [0, 0.05) is 46.7 Å². The molecule has 1 unspecified atom stereocenters. The molecule has 1 aromatic rings. The van der Waals surface area contributed by atoms with E-state index in [0.29, 0.717) is 6.04 Å². The third kappa shape index (κ3) is 5.71. The van der Waals surface area contributed by atoms with E-state index in [0.717, 1.165) is 13.1 Å². The van der Waals surface area contributed by atoms with Gasteiger partial charge in [-0.1, -0.05) is 38.1 Å². The first-order chi connectivity index (χ1) is 10.7. The molecule has 3 nitrogen and oxygen atoms in total. The van der Waals surface area contributed by atoms with Crippen molar-refractivity contribution in [2.45, 2.75) is 52.7 Å². The summed E-state index contributed by atoms with van der Waals surface area (Å²) in [4.78, 5) is 5.17. The molecule has 0 bridgehead atoms. The molecule has 1 atom stereocenters. The molecule has 3 heteroatoms. The van der Waals surface area contributed by atoms with Crippen molar-refractivity contribution in [1.82, 2.24) is 15.1 Å². The van der Waals surface area contributed by atoms with Crippen molar-refractivity contribution in [2.24, 2.45) is 0 Å². The molecule has 126 valence electrons. The van der Waals surface area contributed by atoms with E-state index in [-0.39, 0.29) is 1.43 Å². The van der Waals surface area contributed by atoms with Crippen molar-refractivity contribution in [3.63, 3.8) is 0 Å². The lowest BCUT2D eigenvalue weighted by Crippen LogP contribution is -2.45. The van der Waals surface area contributed by atoms with Gasteiger partial charge in [0.15, 0.2) is 0 Å². The maximum absolute atomic E-state index is 3.55. The Balaban J connectivity index is 0.00000264. The monoisotopic (exact) mass is 305 g/mol. The fourth-order valence-corrected chi connectivity index (χ4v) is 2.94. The Morgan fingerprint density at radius 1 is 1.00 bits per heavy atom. The van der Waals surface area contributed by atoms with Gasteiger partial charge in [0.1, 0.15) is 0 Å². The quantitative estimate of drug-likeness (QED) is 0.794. The highest BCUT2D eigenvalue weighted by Gasteiger charge is 2.15. The molecule has 0 saturated carbocycles. The van der Waals surface area contributed by atoms with Crippen LogP contribution in [0.3, 0.4) is 0 Å². The number of hydrogen-bond acceptors (Lipinski definition) is 3. The van der Waals surface area contributed by atoms with Crippen LogP contribution in [-0.2, 0) is 13.1 Å². The first kappa shape index (κ1) is 17.5. The van der Waals surface area contributed by atoms with Crippen LogP contribution < -0.4 is 5.32 Å². The van der Waals surface area contributed by atoms with Crippen LogP contribution in [0.15, 0.2) is 24.3 Å². The summed E-state index contributed by atoms with van der Waals surface area (Å²) >= 11 is 0. The molecule has 1 aromatic carbocycles. The molecule has 2 rings (SSSR count). The summed E-state index contributed by atoms with van der Waals surface area (Å²) in [5.74, 6) is 0. The number of rotatable bonds is 8. The van der Waals surface area contributed by atoms with Gasteiger partial charge in [-0.2, -0.15) is 0 Å². The van der Waals surface area contributed by atoms with E-state index in [1.54, 1.807) is 0 Å². The van der Waals surface area contributed by atoms with Gasteiger partial charge in [0.2, 0.25) is 0 Å². The lowest BCUT2D eigenvalue weighted by Gasteiger charge is -2.34. The van der Waals surface area contributed by atoms with E-state index in [1.807, 2.05) is 0 Å². The van der Waals surface area contributed by atoms with Gasteiger partial charge in [-0.05, 0) is 37.4 Å². The minimum Gasteiger partial charge on any atom is -0.310 e. The number of nitrogens with one attached hydrogen (secondary N) is 1. The first-order valence-corrected chi connectivity index (χ1v) is 8.97. The predicted octanol–water partition coefficient (Wildman–Crippen LogP) is 3.35. The number of nitrogens with zero attached hydrogens (tertiary/aromatic N) is 2. The second-order valence-electron chi connectivity index (χ2n) is 6.62. The maximum Gasteiger partial charge on any atom is 0.0234 e. The van der Waals surface area contributed by atoms with Crippen LogP contribution >= 0.6 is 0 Å². The van der Waals surface area contributed by atoms with Gasteiger partial charge in [-0.3, -0.25) is 4.90 Å². The molecule has 0 aliphatic carbocycles. The van der Waals surface area contributed by atoms with Crippen molar-refractivity contribution in [3.8, 4) is 0 Å². The Bertz CT molecular complexity index is 413. The summed E-state index contributed by atoms with van der Waals surface area (Å²) < 4.78 is 0. The van der Waals surface area contributed by atoms with Crippen molar-refractivity contribution in [3.05, 3.63) is 35.4 Å². The van der Waals surface area contributed by atoms with Crippen LogP contribution in [0.4, 0.5) is 0 Å². The molecule has 1 fully saturated rings. The molecular weight excluding hydrogens is 270 g/mol. The highest BCUT2D eigenvalue weighted by Crippen LogP contribution is 2.10. The van der Waals surface area contributed by atoms with Crippen molar-refractivity contribution < 1.29 is 1.43 Å². The topological polar surface area (TPSA) is 18.5 Å². The molecule has 1 heterocycles. The molecule has 0 amide bonds. The first-order valence-electron chi connectivity index (χ1n) is 8.97. The van der Waals surface area contributed by atoms with Crippen LogP contribution in [0.5, 0.6) is 0 Å². The van der Waals surface area contributed by atoms with Gasteiger partial charge in [0.05, 0.1) is 0 Å². The smallest absolute Gasteiger partial charge is 0.0234 e. The second kappa shape index (κ2) is 9.29. The lowest BCUT2D eigenvalue weighted by molar-refractivity contribution is 0.127. The zero-order valence-electron chi connectivity index (χ0n) is 14.6. The summed E-state index contributed by atoms with van der Waals surface area (Å²) in [5.41, 5.74) is 2.83. The Kier molecular flexibility index (Phi) is 7.37. The molecular formula is C19H35N3. The van der Waals surface area contributed by atoms with E-state index >= 15 is 0 Å². The molecule has 22 heavy (non-hydrogen) atoms. The summed E-state index contributed by atoms with van der Waals surface area (Å²) in [6.07, 6.45) is 2.45. The molecule has 1 N–H and O–H groups in total. The van der Waals surface area contributed by atoms with Crippen LogP contribution in [0.1, 0.15) is 46.2 Å². The van der Waals surface area contributed by atoms with Crippen molar-refractivity contribution in [1.29, 1.82) is 0 Å². The molecule has 1 aliphatic rings. The highest BCUT2D eigenvalue weighted by atomic mass is 15.3. The SMILES string of the molecule is CCCN1CCN(Cc2ccc(CNC(C)CC)cc2)CC1.[HH]. The molecule has 0 spiro atoms. The number of piperazine rings is 1. The van der Waals surface area contributed by atoms with Crippen molar-refractivity contribution >= 4 is 0 Å². The summed E-state index contributed by atoms with van der Waals surface area (Å²) in [5, 5.41) is 3.55. The molecule has 0 radical (unpaired) electrons. The van der Waals surface area contributed by atoms with Crippen molar-refractivity contribution in [2.75, 3.05) is 32.7 Å². The highest BCUT2D eigenvalue weighted by molar-refractivity contribution is 5.22. The standard InChI is InChI=1S/C19H33N3.H2/c1-4-10-21-11-13-22(14-12-21)16-19-8-6-18(7-9-19)15-20-17(3)5-2;/h6-9,17,20H,4-5,10-16H2,1-3H3;1H. The molecule has 1 aliphatic heterocycles. The van der Waals surface area contributed by atoms with Gasteiger partial charge >= 0.3 is 0 Å². The molecule has 1 saturated heterocycles. The zero-order valence-corrected chi connectivity index (χ0v) is 14.6. The lowest BCUT2D eigenvalue weighted by atomic mass is 10.1. The summed E-state index contributed by atoms with van der Waals surface area (Å²) in [7, 11) is 0. The second-order valence-corrected chi connectivity index (χ2v) is 6.62. The maximum atomic E-state index is 3.55. The average Bonchev–Trinajstić information content (AvgIpc) is 2.56. The zero-order chi connectivity index (χ0) is 15.8. The summed E-state index contributed by atoms with van der Waals surface area (Å²) in [6.45, 7) is 14.9. The third-order valence-corrected chi connectivity index (χ3v) is 4.70. The largest absolute Gasteiger partial charge is 0.310 e. The van der Waals surface area contributed by atoms with Crippen LogP contribution in [0, 0.1) is 0 Å². The van der Waals surface area contributed by atoms with E-state index in [2.05, 4.69) is 60.2 Å². The summed E-state index contributed by atoms with van der Waals surface area (Å²) in [6, 6.07) is 9.74. The van der Waals surface area contributed by atoms with E-state index in [9.17, 15) is 0 Å². The number of hydrogen-bond donors (Lipinski definition) is 1. The number of benzene rings is 1. The Hall–Kier alpha value is -0.900. The Morgan fingerprint density at radius 3 is 2.18 bits per heavy atom. The normalized spacial score (nSPS) is 18.5. The minimum atomic E-state index is 0. The van der Waals surface area contributed by atoms with E-state index in [4.69, 9.17) is 0 Å². The van der Waals surface area contributed by atoms with Gasteiger partial charge in [0.25, 0.3) is 0 Å². The average molecular weight is 306 g/mol. The Labute approximate surface area is 138 Å². The predicted molar refractivity (Wildman–Crippen MR) is 97.2 cm³/mol. The van der Waals surface area contributed by atoms with Gasteiger partial charge in [-0.25, -0.2) is 0 Å². The fraction of sp³-hybridized carbons (Fsp3) is 0.684. The van der Waals surface area contributed by atoms with Crippen LogP contribution in [-0.4, -0.2) is 48.6 Å². The van der Waals surface area contributed by atoms with Crippen LogP contribution in [0.25, 0.3) is 0 Å². The fourth-order valence-electron chi connectivity index (χ4n) is 2.94.